The fourth-order valence-electron chi connectivity index (χ4n) is 7.71. The molecule has 2 N–H and O–H groups in total. The Hall–Kier alpha value is -0.0400. The summed E-state index contributed by atoms with van der Waals surface area (Å²) < 4.78 is 0. The van der Waals surface area contributed by atoms with Crippen molar-refractivity contribution >= 4 is 0 Å². The molecule has 3 unspecified atom stereocenters. The molecule has 0 heterocycles. The van der Waals surface area contributed by atoms with Crippen LogP contribution in [0.5, 0.6) is 0 Å². The zero-order valence-corrected chi connectivity index (χ0v) is 13.6. The first-order valence-corrected chi connectivity index (χ1v) is 9.13. The largest absolute Gasteiger partial charge is 0.328 e. The summed E-state index contributed by atoms with van der Waals surface area (Å²) in [6, 6.07) is 0.490. The van der Waals surface area contributed by atoms with Crippen LogP contribution < -0.4 is 5.73 Å². The van der Waals surface area contributed by atoms with E-state index in [1.54, 1.807) is 0 Å². The quantitative estimate of drug-likeness (QED) is 0.776. The third kappa shape index (κ3) is 2.25. The van der Waals surface area contributed by atoms with Crippen molar-refractivity contribution < 1.29 is 0 Å². The molecule has 0 saturated heterocycles. The molecule has 5 saturated carbocycles. The maximum absolute atomic E-state index is 6.59. The van der Waals surface area contributed by atoms with Gasteiger partial charge in [0.15, 0.2) is 0 Å². The topological polar surface area (TPSA) is 26.0 Å². The summed E-state index contributed by atoms with van der Waals surface area (Å²) in [5.74, 6) is 2.00. The molecule has 0 aliphatic heterocycles. The average molecular weight is 275 g/mol. The van der Waals surface area contributed by atoms with Crippen molar-refractivity contribution in [3.05, 3.63) is 0 Å². The maximum atomic E-state index is 6.59. The van der Waals surface area contributed by atoms with Crippen molar-refractivity contribution in [3.63, 3.8) is 0 Å². The van der Waals surface area contributed by atoms with Crippen LogP contribution in [0.25, 0.3) is 0 Å². The smallest absolute Gasteiger partial charge is 0.00467 e. The van der Waals surface area contributed by atoms with E-state index < -0.39 is 0 Å². The lowest BCUT2D eigenvalue weighted by molar-refractivity contribution is -0.149. The van der Waals surface area contributed by atoms with Crippen molar-refractivity contribution in [1.29, 1.82) is 0 Å². The zero-order chi connectivity index (χ0) is 14.0. The molecule has 1 nitrogen and oxygen atoms in total. The Morgan fingerprint density at radius 1 is 1.00 bits per heavy atom. The number of rotatable bonds is 4. The molecular formula is C19H33N. The molecular weight excluding hydrogens is 242 g/mol. The Morgan fingerprint density at radius 3 is 2.15 bits per heavy atom. The highest BCUT2D eigenvalue weighted by Gasteiger charge is 2.59. The second-order valence-corrected chi connectivity index (χ2v) is 10.1. The molecule has 5 fully saturated rings. The van der Waals surface area contributed by atoms with Crippen molar-refractivity contribution in [3.8, 4) is 0 Å². The molecule has 3 atom stereocenters. The lowest BCUT2D eigenvalue weighted by Gasteiger charge is -2.66. The number of hydrogen-bond donors (Lipinski definition) is 1. The molecule has 0 aromatic heterocycles. The van der Waals surface area contributed by atoms with Gasteiger partial charge in [-0.3, -0.25) is 0 Å². The van der Waals surface area contributed by atoms with E-state index in [0.29, 0.717) is 22.3 Å². The van der Waals surface area contributed by atoms with E-state index in [0.717, 1.165) is 11.8 Å². The van der Waals surface area contributed by atoms with E-state index >= 15 is 0 Å². The Labute approximate surface area is 125 Å². The minimum Gasteiger partial charge on any atom is -0.328 e. The lowest BCUT2D eigenvalue weighted by Crippen LogP contribution is -2.56. The minimum absolute atomic E-state index is 0.490. The Bertz CT molecular complexity index is 379. The van der Waals surface area contributed by atoms with Crippen LogP contribution in [0.3, 0.4) is 0 Å². The first-order valence-electron chi connectivity index (χ1n) is 9.13. The van der Waals surface area contributed by atoms with Gasteiger partial charge in [0.05, 0.1) is 0 Å². The molecule has 114 valence electrons. The minimum atomic E-state index is 0.490. The predicted molar refractivity (Wildman–Crippen MR) is 84.4 cm³/mol. The summed E-state index contributed by atoms with van der Waals surface area (Å²) >= 11 is 0. The van der Waals surface area contributed by atoms with Crippen molar-refractivity contribution in [2.24, 2.45) is 33.8 Å². The van der Waals surface area contributed by atoms with E-state index in [-0.39, 0.29) is 0 Å². The summed E-state index contributed by atoms with van der Waals surface area (Å²) in [6.07, 6.45) is 16.1. The molecule has 0 spiro atoms. The Morgan fingerprint density at radius 2 is 1.65 bits per heavy atom. The summed E-state index contributed by atoms with van der Waals surface area (Å²) in [5.41, 5.74) is 8.54. The third-order valence-corrected chi connectivity index (χ3v) is 7.30. The molecule has 0 amide bonds. The van der Waals surface area contributed by atoms with Gasteiger partial charge in [-0.1, -0.05) is 33.1 Å². The highest BCUT2D eigenvalue weighted by Crippen LogP contribution is 2.70. The fourth-order valence-corrected chi connectivity index (χ4v) is 7.71. The lowest BCUT2D eigenvalue weighted by atomic mass is 9.39. The van der Waals surface area contributed by atoms with Gasteiger partial charge >= 0.3 is 0 Å². The van der Waals surface area contributed by atoms with Crippen molar-refractivity contribution in [1.82, 2.24) is 0 Å². The molecule has 5 aliphatic carbocycles. The molecule has 0 radical (unpaired) electrons. The van der Waals surface area contributed by atoms with Gasteiger partial charge in [0.1, 0.15) is 0 Å². The van der Waals surface area contributed by atoms with E-state index in [1.807, 2.05) is 0 Å². The zero-order valence-electron chi connectivity index (χ0n) is 13.6. The second kappa shape index (κ2) is 4.24. The average Bonchev–Trinajstić information content (AvgIpc) is 2.17. The highest BCUT2D eigenvalue weighted by atomic mass is 14.7. The predicted octanol–water partition coefficient (Wildman–Crippen LogP) is 4.89. The van der Waals surface area contributed by atoms with Crippen LogP contribution >= 0.6 is 0 Å². The van der Waals surface area contributed by atoms with E-state index in [2.05, 4.69) is 13.8 Å². The Balaban J connectivity index is 1.48. The van der Waals surface area contributed by atoms with E-state index in [4.69, 9.17) is 5.73 Å². The number of hydrogen-bond acceptors (Lipinski definition) is 1. The van der Waals surface area contributed by atoms with Crippen LogP contribution in [-0.2, 0) is 0 Å². The third-order valence-electron chi connectivity index (χ3n) is 7.30. The van der Waals surface area contributed by atoms with Gasteiger partial charge in [0, 0.05) is 6.04 Å². The summed E-state index contributed by atoms with van der Waals surface area (Å²) in [5, 5.41) is 0. The molecule has 5 aliphatic rings. The first kappa shape index (κ1) is 13.6. The van der Waals surface area contributed by atoms with Crippen LogP contribution in [0.2, 0.25) is 0 Å². The van der Waals surface area contributed by atoms with Crippen molar-refractivity contribution in [2.75, 3.05) is 0 Å². The summed E-state index contributed by atoms with van der Waals surface area (Å²) in [6.45, 7) is 5.17. The van der Waals surface area contributed by atoms with Gasteiger partial charge in [-0.05, 0) is 79.4 Å². The first-order chi connectivity index (χ1) is 9.38. The molecule has 5 rings (SSSR count). The summed E-state index contributed by atoms with van der Waals surface area (Å²) in [4.78, 5) is 0. The van der Waals surface area contributed by atoms with Crippen LogP contribution in [0, 0.1) is 28.1 Å². The highest BCUT2D eigenvalue weighted by molar-refractivity contribution is 5.10. The van der Waals surface area contributed by atoms with Crippen LogP contribution in [-0.4, -0.2) is 6.04 Å². The molecule has 0 aromatic carbocycles. The van der Waals surface area contributed by atoms with Gasteiger partial charge in [0.2, 0.25) is 0 Å². The second-order valence-electron chi connectivity index (χ2n) is 10.1. The van der Waals surface area contributed by atoms with Crippen LogP contribution in [0.1, 0.15) is 84.5 Å². The molecule has 1 heteroatoms. The van der Waals surface area contributed by atoms with Gasteiger partial charge < -0.3 is 5.73 Å². The standard InChI is InChI=1S/C19H33N/c1-17-7-15-8-18(2,11-17)13-19(9-15,12-17)10-16(20)6-14-4-3-5-14/h14-16H,3-13,20H2,1-2H3. The van der Waals surface area contributed by atoms with Gasteiger partial charge in [0.25, 0.3) is 0 Å². The van der Waals surface area contributed by atoms with E-state index in [1.165, 1.54) is 70.6 Å². The van der Waals surface area contributed by atoms with Crippen LogP contribution in [0.4, 0.5) is 0 Å². The number of nitrogens with two attached hydrogens (primary N) is 1. The van der Waals surface area contributed by atoms with Gasteiger partial charge in [-0.15, -0.1) is 0 Å². The van der Waals surface area contributed by atoms with Gasteiger partial charge in [-0.2, -0.15) is 0 Å². The monoisotopic (exact) mass is 275 g/mol. The normalized spacial score (nSPS) is 52.0. The molecule has 0 aromatic rings. The van der Waals surface area contributed by atoms with Crippen LogP contribution in [0.15, 0.2) is 0 Å². The fraction of sp³-hybridized carbons (Fsp3) is 1.00. The Kier molecular flexibility index (Phi) is 2.89. The SMILES string of the molecule is CC12CC3CC(C)(C1)CC(CC(N)CC1CCC1)(C3)C2. The van der Waals surface area contributed by atoms with Crippen molar-refractivity contribution in [2.45, 2.75) is 90.5 Å². The van der Waals surface area contributed by atoms with E-state index in [9.17, 15) is 0 Å². The maximum Gasteiger partial charge on any atom is 0.00467 e. The molecule has 4 bridgehead atoms. The summed E-state index contributed by atoms with van der Waals surface area (Å²) in [7, 11) is 0. The molecule has 20 heavy (non-hydrogen) atoms. The van der Waals surface area contributed by atoms with Gasteiger partial charge in [-0.25, -0.2) is 0 Å².